The third-order valence-electron chi connectivity index (χ3n) is 2.41. The van der Waals surface area contributed by atoms with Gasteiger partial charge in [-0.05, 0) is 31.5 Å². The van der Waals surface area contributed by atoms with E-state index in [0.717, 1.165) is 6.42 Å². The molecule has 4 heteroatoms. The van der Waals surface area contributed by atoms with Crippen molar-refractivity contribution in [3.05, 3.63) is 41.5 Å². The standard InChI is InChI=1S/C14H17NO3/c1-4-6-10(2)13(16)15-12-8-5-7-11(9-12)14(17)18-3/h5-9H,4H2,1-3H3,(H,15,16)/b10-6+. The van der Waals surface area contributed by atoms with Crippen LogP contribution in [0.4, 0.5) is 5.69 Å². The highest BCUT2D eigenvalue weighted by atomic mass is 16.5. The lowest BCUT2D eigenvalue weighted by Gasteiger charge is -2.06. The summed E-state index contributed by atoms with van der Waals surface area (Å²) in [6.45, 7) is 3.72. The van der Waals surface area contributed by atoms with Crippen LogP contribution in [0, 0.1) is 0 Å². The van der Waals surface area contributed by atoms with Gasteiger partial charge in [-0.2, -0.15) is 0 Å². The molecular weight excluding hydrogens is 230 g/mol. The van der Waals surface area contributed by atoms with Crippen molar-refractivity contribution in [3.63, 3.8) is 0 Å². The molecular formula is C14H17NO3. The van der Waals surface area contributed by atoms with E-state index in [1.807, 2.05) is 13.0 Å². The molecule has 96 valence electrons. The molecule has 0 atom stereocenters. The van der Waals surface area contributed by atoms with Gasteiger partial charge in [0, 0.05) is 11.3 Å². The molecule has 1 aromatic carbocycles. The van der Waals surface area contributed by atoms with Gasteiger partial charge in [0.05, 0.1) is 12.7 Å². The average molecular weight is 247 g/mol. The number of rotatable bonds is 4. The van der Waals surface area contributed by atoms with E-state index in [-0.39, 0.29) is 5.91 Å². The van der Waals surface area contributed by atoms with Gasteiger partial charge in [0.1, 0.15) is 0 Å². The average Bonchev–Trinajstić information content (AvgIpc) is 2.38. The summed E-state index contributed by atoms with van der Waals surface area (Å²) < 4.78 is 4.62. The second-order valence-electron chi connectivity index (χ2n) is 3.82. The molecule has 1 rings (SSSR count). The Balaban J connectivity index is 2.83. The Morgan fingerprint density at radius 2 is 2.11 bits per heavy atom. The molecule has 0 aliphatic rings. The second kappa shape index (κ2) is 6.59. The summed E-state index contributed by atoms with van der Waals surface area (Å²) in [7, 11) is 1.32. The van der Waals surface area contributed by atoms with Crippen molar-refractivity contribution in [2.75, 3.05) is 12.4 Å². The lowest BCUT2D eigenvalue weighted by molar-refractivity contribution is -0.112. The predicted octanol–water partition coefficient (Wildman–Crippen LogP) is 2.77. The van der Waals surface area contributed by atoms with E-state index >= 15 is 0 Å². The normalized spacial score (nSPS) is 10.9. The zero-order chi connectivity index (χ0) is 13.5. The molecule has 1 aromatic rings. The van der Waals surface area contributed by atoms with Crippen LogP contribution in [0.3, 0.4) is 0 Å². The highest BCUT2D eigenvalue weighted by Crippen LogP contribution is 2.12. The SMILES string of the molecule is CC/C=C(\C)C(=O)Nc1cccc(C(=O)OC)c1. The zero-order valence-corrected chi connectivity index (χ0v) is 10.8. The highest BCUT2D eigenvalue weighted by molar-refractivity contribution is 6.03. The first-order valence-corrected chi connectivity index (χ1v) is 5.75. The smallest absolute Gasteiger partial charge is 0.337 e. The van der Waals surface area contributed by atoms with Crippen LogP contribution in [0.1, 0.15) is 30.6 Å². The summed E-state index contributed by atoms with van der Waals surface area (Å²) in [4.78, 5) is 23.1. The van der Waals surface area contributed by atoms with E-state index in [1.54, 1.807) is 31.2 Å². The summed E-state index contributed by atoms with van der Waals surface area (Å²) in [5.41, 5.74) is 1.64. The van der Waals surface area contributed by atoms with E-state index in [4.69, 9.17) is 0 Å². The largest absolute Gasteiger partial charge is 0.465 e. The lowest BCUT2D eigenvalue weighted by Crippen LogP contribution is -2.13. The van der Waals surface area contributed by atoms with Gasteiger partial charge >= 0.3 is 5.97 Å². The van der Waals surface area contributed by atoms with E-state index in [9.17, 15) is 9.59 Å². The molecule has 0 saturated heterocycles. The molecule has 1 amide bonds. The van der Waals surface area contributed by atoms with Crippen molar-refractivity contribution >= 4 is 17.6 Å². The Morgan fingerprint density at radius 3 is 2.72 bits per heavy atom. The summed E-state index contributed by atoms with van der Waals surface area (Å²) >= 11 is 0. The highest BCUT2D eigenvalue weighted by Gasteiger charge is 2.08. The number of carbonyl (C=O) groups excluding carboxylic acids is 2. The summed E-state index contributed by atoms with van der Waals surface area (Å²) in [6.07, 6.45) is 2.65. The van der Waals surface area contributed by atoms with Crippen LogP contribution < -0.4 is 5.32 Å². The Morgan fingerprint density at radius 1 is 1.39 bits per heavy atom. The molecule has 1 N–H and O–H groups in total. The quantitative estimate of drug-likeness (QED) is 0.657. The number of ether oxygens (including phenoxy) is 1. The van der Waals surface area contributed by atoms with Crippen LogP contribution in [0.25, 0.3) is 0 Å². The number of anilines is 1. The molecule has 0 aliphatic heterocycles. The molecule has 0 unspecified atom stereocenters. The van der Waals surface area contributed by atoms with E-state index in [2.05, 4.69) is 10.1 Å². The second-order valence-corrected chi connectivity index (χ2v) is 3.82. The number of benzene rings is 1. The van der Waals surface area contributed by atoms with Gasteiger partial charge in [0.2, 0.25) is 0 Å². The number of allylic oxidation sites excluding steroid dienone is 1. The third kappa shape index (κ3) is 3.73. The number of hydrogen-bond acceptors (Lipinski definition) is 3. The summed E-state index contributed by atoms with van der Waals surface area (Å²) in [5.74, 6) is -0.592. The fourth-order valence-corrected chi connectivity index (χ4v) is 1.47. The first kappa shape index (κ1) is 14.0. The van der Waals surface area contributed by atoms with Crippen LogP contribution in [0.2, 0.25) is 0 Å². The first-order chi connectivity index (χ1) is 8.58. The number of esters is 1. The van der Waals surface area contributed by atoms with Crippen LogP contribution in [0.15, 0.2) is 35.9 Å². The van der Waals surface area contributed by atoms with E-state index < -0.39 is 5.97 Å². The maximum absolute atomic E-state index is 11.8. The molecule has 0 bridgehead atoms. The Kier molecular flexibility index (Phi) is 5.11. The molecule has 4 nitrogen and oxygen atoms in total. The maximum atomic E-state index is 11.8. The number of nitrogens with one attached hydrogen (secondary N) is 1. The van der Waals surface area contributed by atoms with Crippen LogP contribution in [-0.2, 0) is 9.53 Å². The Labute approximate surface area is 107 Å². The summed E-state index contributed by atoms with van der Waals surface area (Å²) in [5, 5.41) is 2.73. The molecule has 0 radical (unpaired) electrons. The zero-order valence-electron chi connectivity index (χ0n) is 10.8. The van der Waals surface area contributed by atoms with Gasteiger partial charge in [0.15, 0.2) is 0 Å². The topological polar surface area (TPSA) is 55.4 Å². The predicted molar refractivity (Wildman–Crippen MR) is 70.5 cm³/mol. The fourth-order valence-electron chi connectivity index (χ4n) is 1.47. The fraction of sp³-hybridized carbons (Fsp3) is 0.286. The monoisotopic (exact) mass is 247 g/mol. The lowest BCUT2D eigenvalue weighted by atomic mass is 10.2. The van der Waals surface area contributed by atoms with Crippen molar-refractivity contribution in [3.8, 4) is 0 Å². The van der Waals surface area contributed by atoms with Gasteiger partial charge in [-0.1, -0.05) is 19.1 Å². The van der Waals surface area contributed by atoms with Gasteiger partial charge < -0.3 is 10.1 Å². The molecule has 0 aliphatic carbocycles. The van der Waals surface area contributed by atoms with Gasteiger partial charge in [-0.25, -0.2) is 4.79 Å². The van der Waals surface area contributed by atoms with Crippen molar-refractivity contribution in [1.29, 1.82) is 0 Å². The molecule has 0 spiro atoms. The first-order valence-electron chi connectivity index (χ1n) is 5.75. The molecule has 0 saturated carbocycles. The maximum Gasteiger partial charge on any atom is 0.337 e. The van der Waals surface area contributed by atoms with Crippen molar-refractivity contribution in [1.82, 2.24) is 0 Å². The van der Waals surface area contributed by atoms with Crippen molar-refractivity contribution in [2.45, 2.75) is 20.3 Å². The van der Waals surface area contributed by atoms with Crippen LogP contribution in [0.5, 0.6) is 0 Å². The molecule has 18 heavy (non-hydrogen) atoms. The van der Waals surface area contributed by atoms with Crippen molar-refractivity contribution < 1.29 is 14.3 Å². The van der Waals surface area contributed by atoms with E-state index in [1.165, 1.54) is 7.11 Å². The van der Waals surface area contributed by atoms with Crippen LogP contribution >= 0.6 is 0 Å². The minimum absolute atomic E-state index is 0.168. The molecule has 0 fully saturated rings. The molecule has 0 heterocycles. The molecule has 0 aromatic heterocycles. The number of carbonyl (C=O) groups is 2. The third-order valence-corrected chi connectivity index (χ3v) is 2.41. The minimum Gasteiger partial charge on any atom is -0.465 e. The summed E-state index contributed by atoms with van der Waals surface area (Å²) in [6, 6.07) is 6.64. The van der Waals surface area contributed by atoms with Gasteiger partial charge in [0.25, 0.3) is 5.91 Å². The van der Waals surface area contributed by atoms with Gasteiger partial charge in [-0.15, -0.1) is 0 Å². The van der Waals surface area contributed by atoms with E-state index in [0.29, 0.717) is 16.8 Å². The number of amides is 1. The minimum atomic E-state index is -0.424. The van der Waals surface area contributed by atoms with Gasteiger partial charge in [-0.3, -0.25) is 4.79 Å². The van der Waals surface area contributed by atoms with Crippen LogP contribution in [-0.4, -0.2) is 19.0 Å². The number of hydrogen-bond donors (Lipinski definition) is 1. The van der Waals surface area contributed by atoms with Crippen molar-refractivity contribution in [2.24, 2.45) is 0 Å². The Hall–Kier alpha value is -2.10. The Bertz CT molecular complexity index is 478. The number of methoxy groups -OCH3 is 1.